The predicted octanol–water partition coefficient (Wildman–Crippen LogP) is 7.02. The van der Waals surface area contributed by atoms with Gasteiger partial charge >= 0.3 is 5.97 Å². The number of hydrogen-bond acceptors (Lipinski definition) is 4. The van der Waals surface area contributed by atoms with Crippen molar-refractivity contribution in [3.05, 3.63) is 35.4 Å². The average molecular weight is 431 g/mol. The highest BCUT2D eigenvalue weighted by Gasteiger charge is 2.25. The van der Waals surface area contributed by atoms with E-state index >= 15 is 0 Å². The summed E-state index contributed by atoms with van der Waals surface area (Å²) < 4.78 is 17.8. The third kappa shape index (κ3) is 7.91. The zero-order valence-electron chi connectivity index (χ0n) is 19.7. The van der Waals surface area contributed by atoms with Gasteiger partial charge in [-0.1, -0.05) is 70.9 Å². The summed E-state index contributed by atoms with van der Waals surface area (Å²) in [6.45, 7) is 5.71. The highest BCUT2D eigenvalue weighted by atomic mass is 16.6. The standard InChI is InChI=1S/C27H42O4/c1-3-5-7-9-21-11-17-24(18-12-21)31-27(28)23-15-13-22(14-16-23)26-20-29-25(19-30-26)10-8-6-4-2/h13-16,21,24-26H,3-12,17-20H2,1-2H3/t21-,24-,25-,26-/m0/s1. The van der Waals surface area contributed by atoms with Gasteiger partial charge in [0.1, 0.15) is 12.2 Å². The molecule has 0 unspecified atom stereocenters. The Morgan fingerprint density at radius 2 is 1.55 bits per heavy atom. The van der Waals surface area contributed by atoms with E-state index in [1.165, 1.54) is 57.8 Å². The molecule has 0 aromatic heterocycles. The van der Waals surface area contributed by atoms with E-state index in [0.29, 0.717) is 18.8 Å². The summed E-state index contributed by atoms with van der Waals surface area (Å²) >= 11 is 0. The van der Waals surface area contributed by atoms with Crippen LogP contribution < -0.4 is 0 Å². The molecule has 1 aromatic carbocycles. The predicted molar refractivity (Wildman–Crippen MR) is 124 cm³/mol. The lowest BCUT2D eigenvalue weighted by atomic mass is 9.84. The molecule has 1 heterocycles. The van der Waals surface area contributed by atoms with Gasteiger partial charge in [-0.3, -0.25) is 0 Å². The maximum Gasteiger partial charge on any atom is 0.338 e. The highest BCUT2D eigenvalue weighted by molar-refractivity contribution is 5.89. The number of carbonyl (C=O) groups excluding carboxylic acids is 1. The Morgan fingerprint density at radius 1 is 0.871 bits per heavy atom. The van der Waals surface area contributed by atoms with Crippen LogP contribution >= 0.6 is 0 Å². The molecule has 0 N–H and O–H groups in total. The van der Waals surface area contributed by atoms with E-state index in [2.05, 4.69) is 13.8 Å². The van der Waals surface area contributed by atoms with Crippen LogP contribution in [0.25, 0.3) is 0 Å². The summed E-state index contributed by atoms with van der Waals surface area (Å²) in [7, 11) is 0. The van der Waals surface area contributed by atoms with Crippen LogP contribution in [0.3, 0.4) is 0 Å². The van der Waals surface area contributed by atoms with Gasteiger partial charge < -0.3 is 14.2 Å². The molecule has 0 amide bonds. The van der Waals surface area contributed by atoms with Crippen molar-refractivity contribution in [2.24, 2.45) is 5.92 Å². The Hall–Kier alpha value is -1.39. The third-order valence-electron chi connectivity index (χ3n) is 6.90. The summed E-state index contributed by atoms with van der Waals surface area (Å²) in [4.78, 5) is 12.6. The number of hydrogen-bond donors (Lipinski definition) is 0. The molecule has 1 aliphatic carbocycles. The van der Waals surface area contributed by atoms with Crippen molar-refractivity contribution in [2.45, 2.75) is 109 Å². The second kappa shape index (κ2) is 13.2. The number of unbranched alkanes of at least 4 members (excludes halogenated alkanes) is 4. The van der Waals surface area contributed by atoms with Gasteiger partial charge in [0, 0.05) is 0 Å². The van der Waals surface area contributed by atoms with Gasteiger partial charge in [-0.15, -0.1) is 0 Å². The van der Waals surface area contributed by atoms with Crippen LogP contribution in [0, 0.1) is 5.92 Å². The van der Waals surface area contributed by atoms with Crippen LogP contribution in [0.1, 0.15) is 113 Å². The van der Waals surface area contributed by atoms with Crippen molar-refractivity contribution in [1.29, 1.82) is 0 Å². The van der Waals surface area contributed by atoms with Crippen LogP contribution in [0.4, 0.5) is 0 Å². The van der Waals surface area contributed by atoms with Gasteiger partial charge in [-0.05, 0) is 55.7 Å². The maximum absolute atomic E-state index is 12.6. The van der Waals surface area contributed by atoms with E-state index in [0.717, 1.165) is 30.7 Å². The van der Waals surface area contributed by atoms with Crippen LogP contribution in [-0.4, -0.2) is 31.4 Å². The minimum absolute atomic E-state index is 0.0459. The van der Waals surface area contributed by atoms with E-state index < -0.39 is 0 Å². The third-order valence-corrected chi connectivity index (χ3v) is 6.90. The molecule has 2 aliphatic rings. The highest BCUT2D eigenvalue weighted by Crippen LogP contribution is 2.31. The number of esters is 1. The molecule has 174 valence electrons. The fraction of sp³-hybridized carbons (Fsp3) is 0.741. The first kappa shape index (κ1) is 24.3. The number of rotatable bonds is 11. The molecule has 0 bridgehead atoms. The van der Waals surface area contributed by atoms with E-state index in [1.807, 2.05) is 24.3 Å². The summed E-state index contributed by atoms with van der Waals surface area (Å²) in [5, 5.41) is 0. The quantitative estimate of drug-likeness (QED) is 0.279. The summed E-state index contributed by atoms with van der Waals surface area (Å²) in [5.41, 5.74) is 1.69. The Morgan fingerprint density at radius 3 is 2.16 bits per heavy atom. The smallest absolute Gasteiger partial charge is 0.338 e. The Kier molecular flexibility index (Phi) is 10.3. The molecule has 4 nitrogen and oxygen atoms in total. The molecular weight excluding hydrogens is 388 g/mol. The van der Waals surface area contributed by atoms with Crippen molar-refractivity contribution in [3.63, 3.8) is 0 Å². The fourth-order valence-electron chi connectivity index (χ4n) is 4.80. The van der Waals surface area contributed by atoms with Crippen molar-refractivity contribution in [3.8, 4) is 0 Å². The van der Waals surface area contributed by atoms with Crippen LogP contribution in [0.15, 0.2) is 24.3 Å². The zero-order valence-corrected chi connectivity index (χ0v) is 19.7. The molecule has 1 saturated heterocycles. The zero-order chi connectivity index (χ0) is 21.9. The minimum atomic E-state index is -0.196. The molecule has 1 saturated carbocycles. The lowest BCUT2D eigenvalue weighted by Crippen LogP contribution is -2.31. The Balaban J connectivity index is 1.39. The normalized spacial score (nSPS) is 26.5. The summed E-state index contributed by atoms with van der Waals surface area (Å²) in [6, 6.07) is 7.69. The maximum atomic E-state index is 12.6. The largest absolute Gasteiger partial charge is 0.459 e. The van der Waals surface area contributed by atoms with Crippen molar-refractivity contribution in [2.75, 3.05) is 13.2 Å². The van der Waals surface area contributed by atoms with Crippen LogP contribution in [0.2, 0.25) is 0 Å². The molecule has 1 aromatic rings. The van der Waals surface area contributed by atoms with Crippen LogP contribution in [-0.2, 0) is 14.2 Å². The molecule has 4 heteroatoms. The van der Waals surface area contributed by atoms with E-state index in [1.54, 1.807) is 0 Å². The van der Waals surface area contributed by atoms with Gasteiger partial charge in [0.25, 0.3) is 0 Å². The Bertz CT molecular complexity index is 625. The molecule has 0 radical (unpaired) electrons. The summed E-state index contributed by atoms with van der Waals surface area (Å²) in [6.07, 6.45) is 14.7. The Labute approximate surface area is 189 Å². The average Bonchev–Trinajstić information content (AvgIpc) is 2.81. The number of ether oxygens (including phenoxy) is 3. The first-order valence-corrected chi connectivity index (χ1v) is 12.7. The van der Waals surface area contributed by atoms with E-state index in [-0.39, 0.29) is 24.3 Å². The first-order valence-electron chi connectivity index (χ1n) is 12.7. The molecule has 0 spiro atoms. The second-order valence-electron chi connectivity index (χ2n) is 9.44. The minimum Gasteiger partial charge on any atom is -0.459 e. The SMILES string of the molecule is CCCCC[C@H]1CO[C@H](c2ccc(C(=O)O[C@H]3CC[C@H](CCCCC)CC3)cc2)CO1. The monoisotopic (exact) mass is 430 g/mol. The second-order valence-corrected chi connectivity index (χ2v) is 9.44. The topological polar surface area (TPSA) is 44.8 Å². The van der Waals surface area contributed by atoms with E-state index in [4.69, 9.17) is 14.2 Å². The molecule has 1 aliphatic heterocycles. The summed E-state index contributed by atoms with van der Waals surface area (Å²) in [5.74, 6) is 0.627. The number of carbonyl (C=O) groups is 1. The first-order chi connectivity index (χ1) is 15.2. The van der Waals surface area contributed by atoms with Crippen LogP contribution in [0.5, 0.6) is 0 Å². The van der Waals surface area contributed by atoms with Gasteiger partial charge in [0.05, 0.1) is 24.9 Å². The molecule has 31 heavy (non-hydrogen) atoms. The molecule has 2 atom stereocenters. The lowest BCUT2D eigenvalue weighted by molar-refractivity contribution is -0.137. The van der Waals surface area contributed by atoms with Crippen molar-refractivity contribution >= 4 is 5.97 Å². The molecular formula is C27H42O4. The molecule has 3 rings (SSSR count). The number of benzene rings is 1. The fourth-order valence-corrected chi connectivity index (χ4v) is 4.80. The lowest BCUT2D eigenvalue weighted by Gasteiger charge is -2.30. The van der Waals surface area contributed by atoms with Gasteiger partial charge in [0.2, 0.25) is 0 Å². The van der Waals surface area contributed by atoms with Crippen molar-refractivity contribution in [1.82, 2.24) is 0 Å². The van der Waals surface area contributed by atoms with Gasteiger partial charge in [0.15, 0.2) is 0 Å². The molecule has 2 fully saturated rings. The van der Waals surface area contributed by atoms with Crippen molar-refractivity contribution < 1.29 is 19.0 Å². The van der Waals surface area contributed by atoms with Gasteiger partial charge in [-0.25, -0.2) is 4.79 Å². The van der Waals surface area contributed by atoms with E-state index in [9.17, 15) is 4.79 Å². The van der Waals surface area contributed by atoms with Gasteiger partial charge in [-0.2, -0.15) is 0 Å².